The second kappa shape index (κ2) is 7.81. The molecule has 2 saturated carbocycles. The maximum absolute atomic E-state index is 12.0. The fraction of sp³-hybridized carbons (Fsp3) is 0.824. The van der Waals surface area contributed by atoms with Crippen LogP contribution < -0.4 is 0 Å². The standard InChI is InChI=1S/C17H27FO/c18-13-3-1-2-4-14-5-7-15(8-6-14)16-9-11-17(19)12-10-16/h1-2,14-16H,3-13H2/b2-1+. The minimum Gasteiger partial charge on any atom is -0.300 e. The summed E-state index contributed by atoms with van der Waals surface area (Å²) in [6, 6.07) is 0. The first-order valence-electron chi connectivity index (χ1n) is 8.02. The van der Waals surface area contributed by atoms with Crippen molar-refractivity contribution in [2.75, 3.05) is 6.67 Å². The first-order chi connectivity index (χ1) is 9.29. The fourth-order valence-electron chi connectivity index (χ4n) is 3.80. The van der Waals surface area contributed by atoms with E-state index in [1.54, 1.807) is 0 Å². The lowest BCUT2D eigenvalue weighted by atomic mass is 9.70. The first-order valence-corrected chi connectivity index (χ1v) is 8.02. The molecule has 2 aliphatic carbocycles. The summed E-state index contributed by atoms with van der Waals surface area (Å²) >= 11 is 0. The Bertz CT molecular complexity index is 292. The van der Waals surface area contributed by atoms with Gasteiger partial charge in [-0.15, -0.1) is 0 Å². The van der Waals surface area contributed by atoms with E-state index in [-0.39, 0.29) is 6.67 Å². The summed E-state index contributed by atoms with van der Waals surface area (Å²) in [5.41, 5.74) is 0. The van der Waals surface area contributed by atoms with Gasteiger partial charge in [-0.1, -0.05) is 12.2 Å². The van der Waals surface area contributed by atoms with Gasteiger partial charge in [0.05, 0.1) is 6.67 Å². The highest BCUT2D eigenvalue weighted by molar-refractivity contribution is 5.79. The lowest BCUT2D eigenvalue weighted by molar-refractivity contribution is -0.121. The van der Waals surface area contributed by atoms with E-state index in [4.69, 9.17) is 0 Å². The minimum absolute atomic E-state index is 0.232. The van der Waals surface area contributed by atoms with Crippen LogP contribution in [0, 0.1) is 17.8 Å². The van der Waals surface area contributed by atoms with Gasteiger partial charge < -0.3 is 0 Å². The number of alkyl halides is 1. The summed E-state index contributed by atoms with van der Waals surface area (Å²) < 4.78 is 12.0. The maximum Gasteiger partial charge on any atom is 0.132 e. The fourth-order valence-corrected chi connectivity index (χ4v) is 3.80. The van der Waals surface area contributed by atoms with Crippen LogP contribution in [-0.2, 0) is 4.79 Å². The number of hydrogen-bond acceptors (Lipinski definition) is 1. The highest BCUT2D eigenvalue weighted by Crippen LogP contribution is 2.40. The summed E-state index contributed by atoms with van der Waals surface area (Å²) in [4.78, 5) is 11.3. The van der Waals surface area contributed by atoms with Crippen LogP contribution in [0.2, 0.25) is 0 Å². The van der Waals surface area contributed by atoms with Crippen LogP contribution in [0.1, 0.15) is 64.2 Å². The molecule has 19 heavy (non-hydrogen) atoms. The highest BCUT2D eigenvalue weighted by atomic mass is 19.1. The Balaban J connectivity index is 1.66. The van der Waals surface area contributed by atoms with Crippen molar-refractivity contribution in [3.8, 4) is 0 Å². The predicted molar refractivity (Wildman–Crippen MR) is 76.8 cm³/mol. The summed E-state index contributed by atoms with van der Waals surface area (Å²) in [7, 11) is 0. The van der Waals surface area contributed by atoms with Crippen LogP contribution in [0.3, 0.4) is 0 Å². The molecule has 0 bridgehead atoms. The van der Waals surface area contributed by atoms with Crippen LogP contribution in [0.5, 0.6) is 0 Å². The molecule has 0 aliphatic heterocycles. The molecular formula is C17H27FO. The van der Waals surface area contributed by atoms with Gasteiger partial charge in [0, 0.05) is 12.8 Å². The molecule has 0 atom stereocenters. The third kappa shape index (κ3) is 4.74. The zero-order valence-electron chi connectivity index (χ0n) is 12.0. The van der Waals surface area contributed by atoms with Crippen LogP contribution in [0.4, 0.5) is 4.39 Å². The topological polar surface area (TPSA) is 17.1 Å². The Labute approximate surface area is 116 Å². The van der Waals surface area contributed by atoms with E-state index in [0.29, 0.717) is 12.2 Å². The van der Waals surface area contributed by atoms with E-state index in [9.17, 15) is 9.18 Å². The number of halogens is 1. The highest BCUT2D eigenvalue weighted by Gasteiger charge is 2.29. The van der Waals surface area contributed by atoms with Crippen LogP contribution >= 0.6 is 0 Å². The van der Waals surface area contributed by atoms with E-state index in [1.165, 1.54) is 25.7 Å². The summed E-state index contributed by atoms with van der Waals surface area (Å²) in [6.45, 7) is -0.232. The molecular weight excluding hydrogens is 239 g/mol. The number of Topliss-reactive ketones (excluding diaryl/α,β-unsaturated/α-hetero) is 1. The molecule has 0 heterocycles. The molecule has 0 aromatic rings. The number of hydrogen-bond donors (Lipinski definition) is 0. The van der Waals surface area contributed by atoms with E-state index in [0.717, 1.165) is 49.9 Å². The summed E-state index contributed by atoms with van der Waals surface area (Å²) in [5.74, 6) is 2.99. The molecule has 2 rings (SSSR count). The molecule has 0 amide bonds. The van der Waals surface area contributed by atoms with E-state index < -0.39 is 0 Å². The van der Waals surface area contributed by atoms with Crippen molar-refractivity contribution < 1.29 is 9.18 Å². The first kappa shape index (κ1) is 14.7. The van der Waals surface area contributed by atoms with Gasteiger partial charge in [-0.05, 0) is 69.1 Å². The molecule has 1 nitrogen and oxygen atoms in total. The average molecular weight is 266 g/mol. The van der Waals surface area contributed by atoms with Crippen LogP contribution in [0.25, 0.3) is 0 Å². The normalized spacial score (nSPS) is 30.1. The van der Waals surface area contributed by atoms with Gasteiger partial charge in [0.2, 0.25) is 0 Å². The second-order valence-electron chi connectivity index (χ2n) is 6.34. The summed E-state index contributed by atoms with van der Waals surface area (Å²) in [5, 5.41) is 0. The maximum atomic E-state index is 12.0. The Morgan fingerprint density at radius 2 is 1.58 bits per heavy atom. The van der Waals surface area contributed by atoms with Crippen molar-refractivity contribution in [1.29, 1.82) is 0 Å². The van der Waals surface area contributed by atoms with Crippen molar-refractivity contribution in [2.45, 2.75) is 64.2 Å². The molecule has 0 unspecified atom stereocenters. The lowest BCUT2D eigenvalue weighted by Gasteiger charge is -2.35. The SMILES string of the molecule is O=C1CCC(C2CCC(C/C=C/CCF)CC2)CC1. The lowest BCUT2D eigenvalue weighted by Crippen LogP contribution is -2.25. The van der Waals surface area contributed by atoms with Crippen molar-refractivity contribution in [3.63, 3.8) is 0 Å². The molecule has 0 saturated heterocycles. The van der Waals surface area contributed by atoms with Crippen molar-refractivity contribution in [2.24, 2.45) is 17.8 Å². The number of carbonyl (C=O) groups is 1. The Morgan fingerprint density at radius 1 is 0.947 bits per heavy atom. The van der Waals surface area contributed by atoms with Crippen molar-refractivity contribution >= 4 is 5.78 Å². The number of carbonyl (C=O) groups excluding carboxylic acids is 1. The number of allylic oxidation sites excluding steroid dienone is 2. The molecule has 0 aromatic carbocycles. The average Bonchev–Trinajstić information content (AvgIpc) is 2.45. The largest absolute Gasteiger partial charge is 0.300 e. The Morgan fingerprint density at radius 3 is 2.21 bits per heavy atom. The molecule has 0 aromatic heterocycles. The van der Waals surface area contributed by atoms with Crippen molar-refractivity contribution in [1.82, 2.24) is 0 Å². The molecule has 0 N–H and O–H groups in total. The van der Waals surface area contributed by atoms with Gasteiger partial charge in [-0.2, -0.15) is 0 Å². The minimum atomic E-state index is -0.232. The van der Waals surface area contributed by atoms with Crippen LogP contribution in [0.15, 0.2) is 12.2 Å². The molecule has 0 spiro atoms. The molecule has 2 fully saturated rings. The number of ketones is 1. The summed E-state index contributed by atoms with van der Waals surface area (Å²) in [6.07, 6.45) is 15.2. The zero-order valence-corrected chi connectivity index (χ0v) is 12.0. The van der Waals surface area contributed by atoms with E-state index >= 15 is 0 Å². The van der Waals surface area contributed by atoms with E-state index in [2.05, 4.69) is 6.08 Å². The van der Waals surface area contributed by atoms with Gasteiger partial charge in [-0.3, -0.25) is 9.18 Å². The molecule has 2 heteroatoms. The predicted octanol–water partition coefficient (Wildman–Crippen LogP) is 4.86. The third-order valence-electron chi connectivity index (χ3n) is 5.06. The van der Waals surface area contributed by atoms with E-state index in [1.807, 2.05) is 6.08 Å². The zero-order chi connectivity index (χ0) is 13.5. The quantitative estimate of drug-likeness (QED) is 0.650. The van der Waals surface area contributed by atoms with Gasteiger partial charge in [0.15, 0.2) is 0 Å². The third-order valence-corrected chi connectivity index (χ3v) is 5.06. The van der Waals surface area contributed by atoms with Gasteiger partial charge in [0.1, 0.15) is 5.78 Å². The smallest absolute Gasteiger partial charge is 0.132 e. The molecule has 2 aliphatic rings. The molecule has 108 valence electrons. The molecule has 0 radical (unpaired) electrons. The second-order valence-corrected chi connectivity index (χ2v) is 6.34. The van der Waals surface area contributed by atoms with Crippen molar-refractivity contribution in [3.05, 3.63) is 12.2 Å². The van der Waals surface area contributed by atoms with Gasteiger partial charge in [0.25, 0.3) is 0 Å². The Kier molecular flexibility index (Phi) is 6.06. The van der Waals surface area contributed by atoms with Gasteiger partial charge >= 0.3 is 0 Å². The van der Waals surface area contributed by atoms with Gasteiger partial charge in [-0.25, -0.2) is 0 Å². The Hall–Kier alpha value is -0.660. The number of rotatable bonds is 5. The van der Waals surface area contributed by atoms with Crippen LogP contribution in [-0.4, -0.2) is 12.5 Å². The monoisotopic (exact) mass is 266 g/mol.